The molecule has 1 heterocycles. The molecule has 15 heavy (non-hydrogen) atoms. The molecule has 1 aliphatic rings. The van der Waals surface area contributed by atoms with E-state index in [2.05, 4.69) is 5.32 Å². The van der Waals surface area contributed by atoms with Crippen LogP contribution in [0, 0.1) is 0 Å². The monoisotopic (exact) mass is 235 g/mol. The quantitative estimate of drug-likeness (QED) is 0.789. The molecule has 1 atom stereocenters. The summed E-state index contributed by atoms with van der Waals surface area (Å²) in [5.41, 5.74) is 0.873. The van der Waals surface area contributed by atoms with Crippen molar-refractivity contribution in [2.24, 2.45) is 0 Å². The number of aryl methyl sites for hydroxylation is 1. The number of thiophene rings is 1. The van der Waals surface area contributed by atoms with Crippen LogP contribution in [0.1, 0.15) is 21.7 Å². The number of rotatable bonds is 1. The van der Waals surface area contributed by atoms with Crippen LogP contribution in [0.15, 0.2) is 6.07 Å². The summed E-state index contributed by atoms with van der Waals surface area (Å²) < 4.78 is 37.3. The van der Waals surface area contributed by atoms with Gasteiger partial charge in [0.05, 0.1) is 0 Å². The number of hydrogen-bond donors (Lipinski definition) is 1. The van der Waals surface area contributed by atoms with E-state index in [1.807, 2.05) is 7.05 Å². The second-order valence-electron chi connectivity index (χ2n) is 3.79. The summed E-state index contributed by atoms with van der Waals surface area (Å²) in [5, 5.41) is 3.12. The van der Waals surface area contributed by atoms with E-state index in [-0.39, 0.29) is 0 Å². The van der Waals surface area contributed by atoms with E-state index in [0.717, 1.165) is 41.0 Å². The van der Waals surface area contributed by atoms with Gasteiger partial charge in [0.25, 0.3) is 0 Å². The van der Waals surface area contributed by atoms with Crippen molar-refractivity contribution in [3.8, 4) is 0 Å². The van der Waals surface area contributed by atoms with Gasteiger partial charge in [-0.1, -0.05) is 0 Å². The maximum Gasteiger partial charge on any atom is 0.425 e. The summed E-state index contributed by atoms with van der Waals surface area (Å²) in [6.07, 6.45) is -1.77. The second-order valence-corrected chi connectivity index (χ2v) is 4.92. The van der Waals surface area contributed by atoms with Gasteiger partial charge < -0.3 is 5.32 Å². The third-order valence-electron chi connectivity index (χ3n) is 2.77. The highest BCUT2D eigenvalue weighted by Gasteiger charge is 2.34. The first-order valence-electron chi connectivity index (χ1n) is 4.86. The van der Waals surface area contributed by atoms with Gasteiger partial charge in [0.2, 0.25) is 0 Å². The summed E-state index contributed by atoms with van der Waals surface area (Å²) in [6.45, 7) is 0. The first-order valence-corrected chi connectivity index (χ1v) is 5.68. The van der Waals surface area contributed by atoms with Crippen LogP contribution in [0.3, 0.4) is 0 Å². The minimum absolute atomic E-state index is 0.327. The Hall–Kier alpha value is -0.550. The van der Waals surface area contributed by atoms with Gasteiger partial charge in [0, 0.05) is 10.9 Å². The number of nitrogens with one attached hydrogen (secondary N) is 1. The van der Waals surface area contributed by atoms with Crippen molar-refractivity contribution in [1.82, 2.24) is 5.32 Å². The lowest BCUT2D eigenvalue weighted by molar-refractivity contribution is -0.134. The Morgan fingerprint density at radius 3 is 2.80 bits per heavy atom. The van der Waals surface area contributed by atoms with Crippen LogP contribution in [0.25, 0.3) is 0 Å². The fourth-order valence-corrected chi connectivity index (χ4v) is 2.99. The van der Waals surface area contributed by atoms with Gasteiger partial charge >= 0.3 is 6.18 Å². The van der Waals surface area contributed by atoms with E-state index in [1.54, 1.807) is 0 Å². The molecular formula is C10H12F3NS. The minimum atomic E-state index is -4.18. The first kappa shape index (κ1) is 11.0. The predicted molar refractivity (Wildman–Crippen MR) is 54.2 cm³/mol. The molecule has 1 nitrogen and oxygen atoms in total. The standard InChI is InChI=1S/C10H12F3NS/c1-14-7-2-3-8-6(4-7)5-9(15-8)10(11,12)13/h5,7,14H,2-4H2,1H3. The maximum absolute atomic E-state index is 12.4. The molecule has 1 aromatic rings. The fourth-order valence-electron chi connectivity index (χ4n) is 1.91. The number of hydrogen-bond acceptors (Lipinski definition) is 2. The normalized spacial score (nSPS) is 21.5. The van der Waals surface area contributed by atoms with E-state index in [0.29, 0.717) is 6.04 Å². The largest absolute Gasteiger partial charge is 0.425 e. The smallest absolute Gasteiger partial charge is 0.317 e. The number of halogens is 3. The van der Waals surface area contributed by atoms with Crippen molar-refractivity contribution < 1.29 is 13.2 Å². The molecule has 84 valence electrons. The topological polar surface area (TPSA) is 12.0 Å². The summed E-state index contributed by atoms with van der Waals surface area (Å²) in [7, 11) is 1.85. The van der Waals surface area contributed by atoms with E-state index >= 15 is 0 Å². The van der Waals surface area contributed by atoms with E-state index in [9.17, 15) is 13.2 Å². The molecule has 0 amide bonds. The average molecular weight is 235 g/mol. The Bertz CT molecular complexity index is 356. The molecule has 1 aliphatic carbocycles. The SMILES string of the molecule is CNC1CCc2sc(C(F)(F)F)cc2C1. The maximum atomic E-state index is 12.4. The van der Waals surface area contributed by atoms with Crippen molar-refractivity contribution in [2.45, 2.75) is 31.5 Å². The molecule has 1 N–H and O–H groups in total. The van der Waals surface area contributed by atoms with Crippen molar-refractivity contribution in [2.75, 3.05) is 7.05 Å². The predicted octanol–water partition coefficient (Wildman–Crippen LogP) is 2.84. The van der Waals surface area contributed by atoms with Gasteiger partial charge in [-0.3, -0.25) is 0 Å². The molecule has 0 saturated carbocycles. The van der Waals surface area contributed by atoms with Gasteiger partial charge in [0.15, 0.2) is 0 Å². The zero-order valence-electron chi connectivity index (χ0n) is 8.32. The minimum Gasteiger partial charge on any atom is -0.317 e. The highest BCUT2D eigenvalue weighted by atomic mass is 32.1. The molecule has 1 unspecified atom stereocenters. The Labute approximate surface area is 90.3 Å². The average Bonchev–Trinajstić information content (AvgIpc) is 2.59. The Morgan fingerprint density at radius 2 is 2.20 bits per heavy atom. The summed E-state index contributed by atoms with van der Waals surface area (Å²) in [5.74, 6) is 0. The zero-order chi connectivity index (χ0) is 11.1. The van der Waals surface area contributed by atoms with Crippen LogP contribution in [0.2, 0.25) is 0 Å². The number of fused-ring (bicyclic) bond motifs is 1. The first-order chi connectivity index (χ1) is 7.00. The molecule has 5 heteroatoms. The fraction of sp³-hybridized carbons (Fsp3) is 0.600. The molecule has 0 fully saturated rings. The van der Waals surface area contributed by atoms with Crippen molar-refractivity contribution in [1.29, 1.82) is 0 Å². The molecular weight excluding hydrogens is 223 g/mol. The lowest BCUT2D eigenvalue weighted by Gasteiger charge is -2.20. The van der Waals surface area contributed by atoms with Crippen molar-refractivity contribution >= 4 is 11.3 Å². The van der Waals surface area contributed by atoms with E-state index in [1.165, 1.54) is 6.07 Å². The van der Waals surface area contributed by atoms with Crippen LogP contribution in [0.5, 0.6) is 0 Å². The lowest BCUT2D eigenvalue weighted by atomic mass is 9.94. The van der Waals surface area contributed by atoms with E-state index < -0.39 is 11.1 Å². The highest BCUT2D eigenvalue weighted by molar-refractivity contribution is 7.12. The Kier molecular flexibility index (Phi) is 2.77. The summed E-state index contributed by atoms with van der Waals surface area (Å²) >= 11 is 0.902. The van der Waals surface area contributed by atoms with Crippen LogP contribution in [-0.2, 0) is 19.0 Å². The molecule has 1 aromatic heterocycles. The molecule has 0 aromatic carbocycles. The third-order valence-corrected chi connectivity index (χ3v) is 4.05. The number of likely N-dealkylation sites (N-methyl/N-ethyl adjacent to an activating group) is 1. The second kappa shape index (κ2) is 3.79. The van der Waals surface area contributed by atoms with Gasteiger partial charge in [-0.05, 0) is 37.9 Å². The van der Waals surface area contributed by atoms with Crippen molar-refractivity contribution in [3.05, 3.63) is 21.4 Å². The summed E-state index contributed by atoms with van der Waals surface area (Å²) in [4.78, 5) is 0.457. The third kappa shape index (κ3) is 2.18. The van der Waals surface area contributed by atoms with Crippen LogP contribution >= 0.6 is 11.3 Å². The van der Waals surface area contributed by atoms with Crippen molar-refractivity contribution in [3.63, 3.8) is 0 Å². The summed E-state index contributed by atoms with van der Waals surface area (Å²) in [6, 6.07) is 1.64. The Morgan fingerprint density at radius 1 is 1.47 bits per heavy atom. The van der Waals surface area contributed by atoms with Gasteiger partial charge in [-0.25, -0.2) is 0 Å². The van der Waals surface area contributed by atoms with Crippen LogP contribution in [0.4, 0.5) is 13.2 Å². The van der Waals surface area contributed by atoms with Gasteiger partial charge in [0.1, 0.15) is 4.88 Å². The number of alkyl halides is 3. The van der Waals surface area contributed by atoms with E-state index in [4.69, 9.17) is 0 Å². The molecule has 0 spiro atoms. The Balaban J connectivity index is 2.26. The highest BCUT2D eigenvalue weighted by Crippen LogP contribution is 2.39. The lowest BCUT2D eigenvalue weighted by Crippen LogP contribution is -2.30. The van der Waals surface area contributed by atoms with Gasteiger partial charge in [-0.2, -0.15) is 13.2 Å². The molecule has 0 aliphatic heterocycles. The van der Waals surface area contributed by atoms with Gasteiger partial charge in [-0.15, -0.1) is 11.3 Å². The molecule has 0 radical (unpaired) electrons. The molecule has 0 saturated heterocycles. The zero-order valence-corrected chi connectivity index (χ0v) is 9.13. The van der Waals surface area contributed by atoms with Crippen LogP contribution < -0.4 is 5.32 Å². The molecule has 2 rings (SSSR count). The van der Waals surface area contributed by atoms with Crippen LogP contribution in [-0.4, -0.2) is 13.1 Å². The molecule has 0 bridgehead atoms.